The van der Waals surface area contributed by atoms with Crippen molar-refractivity contribution in [3.63, 3.8) is 0 Å². The number of hydrogen-bond donors (Lipinski definition) is 1. The maximum absolute atomic E-state index is 6.12. The highest BCUT2D eigenvalue weighted by Gasteiger charge is 2.15. The second-order valence-electron chi connectivity index (χ2n) is 4.89. The van der Waals surface area contributed by atoms with Crippen LogP contribution < -0.4 is 10.1 Å². The molecule has 2 aromatic rings. The summed E-state index contributed by atoms with van der Waals surface area (Å²) in [6, 6.07) is 12.4. The van der Waals surface area contributed by atoms with E-state index in [1.165, 1.54) is 11.1 Å². The summed E-state index contributed by atoms with van der Waals surface area (Å²) in [6.07, 6.45) is 0. The Kier molecular flexibility index (Phi) is 5.68. The fourth-order valence-electron chi connectivity index (χ4n) is 2.28. The van der Waals surface area contributed by atoms with Crippen LogP contribution in [0, 0.1) is 6.92 Å². The van der Waals surface area contributed by atoms with Crippen molar-refractivity contribution in [3.8, 4) is 5.75 Å². The molecular formula is C17H19BrClNO. The Labute approximate surface area is 139 Å². The molecule has 1 atom stereocenters. The highest BCUT2D eigenvalue weighted by atomic mass is 79.9. The van der Waals surface area contributed by atoms with Gasteiger partial charge >= 0.3 is 0 Å². The Morgan fingerprint density at radius 1 is 1.19 bits per heavy atom. The molecule has 1 N–H and O–H groups in total. The van der Waals surface area contributed by atoms with E-state index in [0.717, 1.165) is 16.6 Å². The lowest BCUT2D eigenvalue weighted by Gasteiger charge is -2.20. The Bertz CT molecular complexity index is 630. The number of halogens is 2. The van der Waals surface area contributed by atoms with Crippen molar-refractivity contribution in [2.24, 2.45) is 0 Å². The van der Waals surface area contributed by atoms with Gasteiger partial charge in [-0.05, 0) is 48.4 Å². The number of benzene rings is 2. The van der Waals surface area contributed by atoms with Crippen LogP contribution in [0.1, 0.15) is 29.7 Å². The molecule has 0 heterocycles. The van der Waals surface area contributed by atoms with Gasteiger partial charge in [0.05, 0.1) is 18.2 Å². The van der Waals surface area contributed by atoms with Gasteiger partial charge in [-0.15, -0.1) is 0 Å². The summed E-state index contributed by atoms with van der Waals surface area (Å²) in [6.45, 7) is 5.06. The van der Waals surface area contributed by atoms with Crippen molar-refractivity contribution in [2.45, 2.75) is 19.9 Å². The van der Waals surface area contributed by atoms with Crippen LogP contribution in [0.3, 0.4) is 0 Å². The minimum Gasteiger partial charge on any atom is -0.495 e. The molecule has 2 rings (SSSR count). The van der Waals surface area contributed by atoms with Crippen LogP contribution in [0.4, 0.5) is 0 Å². The van der Waals surface area contributed by atoms with E-state index < -0.39 is 0 Å². The number of aryl methyl sites for hydroxylation is 1. The van der Waals surface area contributed by atoms with Crippen LogP contribution in [0.15, 0.2) is 40.9 Å². The maximum Gasteiger partial charge on any atom is 0.137 e. The van der Waals surface area contributed by atoms with E-state index in [1.54, 1.807) is 7.11 Å². The van der Waals surface area contributed by atoms with Gasteiger partial charge in [-0.1, -0.05) is 52.7 Å². The predicted molar refractivity (Wildman–Crippen MR) is 92.4 cm³/mol. The zero-order valence-corrected chi connectivity index (χ0v) is 14.8. The first-order chi connectivity index (χ1) is 10.1. The van der Waals surface area contributed by atoms with Crippen LogP contribution >= 0.6 is 27.5 Å². The van der Waals surface area contributed by atoms with E-state index in [4.69, 9.17) is 16.3 Å². The molecule has 0 bridgehead atoms. The molecule has 4 heteroatoms. The average Bonchev–Trinajstić information content (AvgIpc) is 2.48. The zero-order valence-electron chi connectivity index (χ0n) is 12.4. The van der Waals surface area contributed by atoms with Gasteiger partial charge < -0.3 is 10.1 Å². The molecule has 112 valence electrons. The highest BCUT2D eigenvalue weighted by Crippen LogP contribution is 2.31. The van der Waals surface area contributed by atoms with Gasteiger partial charge in [0.25, 0.3) is 0 Å². The van der Waals surface area contributed by atoms with Crippen LogP contribution in [0.2, 0.25) is 5.02 Å². The highest BCUT2D eigenvalue weighted by molar-refractivity contribution is 9.10. The lowest BCUT2D eigenvalue weighted by Crippen LogP contribution is -2.22. The molecule has 21 heavy (non-hydrogen) atoms. The van der Waals surface area contributed by atoms with Crippen molar-refractivity contribution >= 4 is 27.5 Å². The minimum atomic E-state index is 0.109. The van der Waals surface area contributed by atoms with E-state index >= 15 is 0 Å². The summed E-state index contributed by atoms with van der Waals surface area (Å²) in [7, 11) is 1.63. The SMILES string of the molecule is CCNC(c1ccc(C)c(Br)c1)c1ccc(Cl)c(OC)c1. The molecule has 0 aliphatic carbocycles. The van der Waals surface area contributed by atoms with Crippen LogP contribution in [0.5, 0.6) is 5.75 Å². The van der Waals surface area contributed by atoms with E-state index in [0.29, 0.717) is 10.8 Å². The van der Waals surface area contributed by atoms with E-state index in [-0.39, 0.29) is 6.04 Å². The molecule has 0 aliphatic rings. The lowest BCUT2D eigenvalue weighted by molar-refractivity contribution is 0.414. The summed E-state index contributed by atoms with van der Waals surface area (Å²) < 4.78 is 6.44. The van der Waals surface area contributed by atoms with Crippen molar-refractivity contribution in [2.75, 3.05) is 13.7 Å². The summed E-state index contributed by atoms with van der Waals surface area (Å²) >= 11 is 9.72. The first-order valence-electron chi connectivity index (χ1n) is 6.89. The third-order valence-electron chi connectivity index (χ3n) is 3.45. The molecule has 2 aromatic carbocycles. The Hall–Kier alpha value is -1.03. The van der Waals surface area contributed by atoms with Crippen LogP contribution in [0.25, 0.3) is 0 Å². The van der Waals surface area contributed by atoms with Crippen LogP contribution in [-0.4, -0.2) is 13.7 Å². The minimum absolute atomic E-state index is 0.109. The molecule has 0 fully saturated rings. The summed E-state index contributed by atoms with van der Waals surface area (Å²) in [5.74, 6) is 0.697. The summed E-state index contributed by atoms with van der Waals surface area (Å²) in [4.78, 5) is 0. The van der Waals surface area contributed by atoms with Crippen molar-refractivity contribution in [1.29, 1.82) is 0 Å². The molecule has 0 radical (unpaired) electrons. The fraction of sp³-hybridized carbons (Fsp3) is 0.294. The normalized spacial score (nSPS) is 12.2. The van der Waals surface area contributed by atoms with Gasteiger partial charge in [0, 0.05) is 4.47 Å². The van der Waals surface area contributed by atoms with E-state index in [1.807, 2.05) is 18.2 Å². The van der Waals surface area contributed by atoms with Gasteiger partial charge in [-0.25, -0.2) is 0 Å². The third kappa shape index (κ3) is 3.79. The van der Waals surface area contributed by atoms with E-state index in [2.05, 4.69) is 53.3 Å². The molecule has 0 aliphatic heterocycles. The lowest BCUT2D eigenvalue weighted by atomic mass is 9.97. The standard InChI is InChI=1S/C17H19BrClNO/c1-4-20-17(12-6-5-11(2)14(18)9-12)13-7-8-15(19)16(10-13)21-3/h5-10,17,20H,4H2,1-3H3. The largest absolute Gasteiger partial charge is 0.495 e. The number of hydrogen-bond acceptors (Lipinski definition) is 2. The van der Waals surface area contributed by atoms with Gasteiger partial charge in [0.15, 0.2) is 0 Å². The second-order valence-corrected chi connectivity index (χ2v) is 6.15. The summed E-state index contributed by atoms with van der Waals surface area (Å²) in [5, 5.41) is 4.14. The maximum atomic E-state index is 6.12. The molecule has 0 amide bonds. The van der Waals surface area contributed by atoms with E-state index in [9.17, 15) is 0 Å². The first kappa shape index (κ1) is 16.3. The quantitative estimate of drug-likeness (QED) is 0.791. The average molecular weight is 369 g/mol. The van der Waals surface area contributed by atoms with Crippen LogP contribution in [-0.2, 0) is 0 Å². The number of rotatable bonds is 5. The fourth-order valence-corrected chi connectivity index (χ4v) is 2.87. The van der Waals surface area contributed by atoms with Gasteiger partial charge in [-0.2, -0.15) is 0 Å². The summed E-state index contributed by atoms with van der Waals surface area (Å²) in [5.41, 5.74) is 3.57. The van der Waals surface area contributed by atoms with Gasteiger partial charge in [-0.3, -0.25) is 0 Å². The Morgan fingerprint density at radius 2 is 1.86 bits per heavy atom. The smallest absolute Gasteiger partial charge is 0.137 e. The Morgan fingerprint density at radius 3 is 2.48 bits per heavy atom. The topological polar surface area (TPSA) is 21.3 Å². The van der Waals surface area contributed by atoms with Gasteiger partial charge in [0.2, 0.25) is 0 Å². The van der Waals surface area contributed by atoms with Crippen molar-refractivity contribution in [3.05, 3.63) is 62.6 Å². The molecule has 0 saturated heterocycles. The number of methoxy groups -OCH3 is 1. The second kappa shape index (κ2) is 7.30. The number of ether oxygens (including phenoxy) is 1. The van der Waals surface area contributed by atoms with Crippen molar-refractivity contribution < 1.29 is 4.74 Å². The predicted octanol–water partition coefficient (Wildman–Crippen LogP) is 5.12. The molecular weight excluding hydrogens is 350 g/mol. The first-order valence-corrected chi connectivity index (χ1v) is 8.06. The van der Waals surface area contributed by atoms with Crippen molar-refractivity contribution in [1.82, 2.24) is 5.32 Å². The zero-order chi connectivity index (χ0) is 15.4. The molecule has 0 aromatic heterocycles. The molecule has 1 unspecified atom stereocenters. The third-order valence-corrected chi connectivity index (χ3v) is 4.61. The Balaban J connectivity index is 2.44. The number of nitrogens with one attached hydrogen (secondary N) is 1. The molecule has 0 saturated carbocycles. The molecule has 2 nitrogen and oxygen atoms in total. The monoisotopic (exact) mass is 367 g/mol. The molecule has 0 spiro atoms. The van der Waals surface area contributed by atoms with Gasteiger partial charge in [0.1, 0.15) is 5.75 Å².